The molecule has 0 radical (unpaired) electrons. The van der Waals surface area contributed by atoms with Crippen LogP contribution in [0, 0.1) is 17.1 Å². The summed E-state index contributed by atoms with van der Waals surface area (Å²) in [5, 5.41) is 16.6. The van der Waals surface area contributed by atoms with E-state index in [4.69, 9.17) is 0 Å². The molecule has 6 rings (SSSR count). The minimum Gasteiger partial charge on any atom is -0.365 e. The molecule has 0 bridgehead atoms. The maximum atomic E-state index is 13.3. The lowest BCUT2D eigenvalue weighted by molar-refractivity contribution is 0.0940. The van der Waals surface area contributed by atoms with Gasteiger partial charge < -0.3 is 15.2 Å². The SMILES string of the molecule is CC(NC(=O)c1cc(C#N)cnc1NCc1ccc(-c2ccc3ncc4ncn(C)c4c3c2)s1)c1ccc(F)cc1. The van der Waals surface area contributed by atoms with Crippen molar-refractivity contribution in [3.63, 3.8) is 0 Å². The number of thiophene rings is 1. The topological polar surface area (TPSA) is 109 Å². The Morgan fingerprint density at radius 3 is 2.68 bits per heavy atom. The maximum absolute atomic E-state index is 13.3. The lowest BCUT2D eigenvalue weighted by atomic mass is 10.1. The molecule has 0 saturated heterocycles. The molecule has 8 nitrogen and oxygen atoms in total. The third-order valence-corrected chi connectivity index (χ3v) is 8.03. The van der Waals surface area contributed by atoms with Gasteiger partial charge in [0, 0.05) is 28.4 Å². The Hall–Kier alpha value is -5.14. The summed E-state index contributed by atoms with van der Waals surface area (Å²) >= 11 is 1.64. The monoisotopic (exact) mass is 561 g/mol. The van der Waals surface area contributed by atoms with Crippen molar-refractivity contribution in [3.8, 4) is 16.5 Å². The summed E-state index contributed by atoms with van der Waals surface area (Å²) in [6, 6.07) is 19.5. The number of carbonyl (C=O) groups excluding carboxylic acids is 1. The van der Waals surface area contributed by atoms with Crippen LogP contribution in [0.1, 0.15) is 39.3 Å². The smallest absolute Gasteiger partial charge is 0.255 e. The van der Waals surface area contributed by atoms with Crippen LogP contribution in [0.25, 0.3) is 32.4 Å². The number of nitrogens with zero attached hydrogens (tertiary/aromatic N) is 5. The van der Waals surface area contributed by atoms with Gasteiger partial charge in [0.1, 0.15) is 23.2 Å². The fraction of sp³-hybridized carbons (Fsp3) is 0.129. The van der Waals surface area contributed by atoms with Gasteiger partial charge in [-0.2, -0.15) is 5.26 Å². The van der Waals surface area contributed by atoms with E-state index in [2.05, 4.69) is 43.8 Å². The van der Waals surface area contributed by atoms with Crippen molar-refractivity contribution in [1.82, 2.24) is 24.8 Å². The molecule has 4 heterocycles. The van der Waals surface area contributed by atoms with E-state index in [0.29, 0.717) is 12.4 Å². The highest BCUT2D eigenvalue weighted by atomic mass is 32.1. The van der Waals surface area contributed by atoms with Crippen LogP contribution in [0.4, 0.5) is 10.2 Å². The number of amides is 1. The van der Waals surface area contributed by atoms with Crippen LogP contribution in [0.15, 0.2) is 79.4 Å². The van der Waals surface area contributed by atoms with Gasteiger partial charge in [-0.25, -0.2) is 14.4 Å². The van der Waals surface area contributed by atoms with Crippen molar-refractivity contribution in [2.45, 2.75) is 19.5 Å². The van der Waals surface area contributed by atoms with Gasteiger partial charge in [-0.1, -0.05) is 18.2 Å². The predicted octanol–water partition coefficient (Wildman–Crippen LogP) is 6.36. The number of nitrogens with one attached hydrogen (secondary N) is 2. The fourth-order valence-corrected chi connectivity index (χ4v) is 5.68. The van der Waals surface area contributed by atoms with E-state index in [1.165, 1.54) is 24.4 Å². The molecule has 202 valence electrons. The number of nitriles is 1. The number of imidazole rings is 1. The molecular weight excluding hydrogens is 537 g/mol. The van der Waals surface area contributed by atoms with Crippen molar-refractivity contribution in [1.29, 1.82) is 5.26 Å². The van der Waals surface area contributed by atoms with Gasteiger partial charge in [0.2, 0.25) is 0 Å². The van der Waals surface area contributed by atoms with Crippen molar-refractivity contribution in [3.05, 3.63) is 107 Å². The standard InChI is InChI=1S/C31H24FN7OS/c1-18(20-3-6-22(32)7-4-20)38-31(40)25-11-19(13-33)14-35-30(25)36-15-23-8-10-28(41-23)21-5-9-26-24(12-21)29-27(16-34-26)37-17-39(29)2/h3-12,14,16-18H,15H2,1-2H3,(H,35,36)(H,38,40). The Kier molecular flexibility index (Phi) is 6.87. The van der Waals surface area contributed by atoms with Gasteiger partial charge in [-0.3, -0.25) is 9.78 Å². The average Bonchev–Trinajstić information content (AvgIpc) is 3.63. The maximum Gasteiger partial charge on any atom is 0.255 e. The predicted molar refractivity (Wildman–Crippen MR) is 158 cm³/mol. The molecule has 0 saturated carbocycles. The summed E-state index contributed by atoms with van der Waals surface area (Å²) in [4.78, 5) is 28.7. The minimum atomic E-state index is -0.382. The van der Waals surface area contributed by atoms with Crippen molar-refractivity contribution >= 4 is 45.0 Å². The van der Waals surface area contributed by atoms with Gasteiger partial charge >= 0.3 is 0 Å². The molecule has 1 atom stereocenters. The Labute approximate surface area is 239 Å². The van der Waals surface area contributed by atoms with Crippen molar-refractivity contribution in [2.24, 2.45) is 7.05 Å². The van der Waals surface area contributed by atoms with Crippen LogP contribution in [0.5, 0.6) is 0 Å². The van der Waals surface area contributed by atoms with Crippen molar-refractivity contribution in [2.75, 3.05) is 5.32 Å². The third kappa shape index (κ3) is 5.23. The highest BCUT2D eigenvalue weighted by Gasteiger charge is 2.18. The lowest BCUT2D eigenvalue weighted by Crippen LogP contribution is -2.27. The van der Waals surface area contributed by atoms with Crippen LogP contribution in [-0.2, 0) is 13.6 Å². The molecule has 2 N–H and O–H groups in total. The first-order valence-electron chi connectivity index (χ1n) is 12.9. The summed E-state index contributed by atoms with van der Waals surface area (Å²) in [6.07, 6.45) is 5.02. The first kappa shape index (κ1) is 26.1. The van der Waals surface area contributed by atoms with E-state index < -0.39 is 0 Å². The second-order valence-corrected chi connectivity index (χ2v) is 10.8. The zero-order valence-electron chi connectivity index (χ0n) is 22.2. The van der Waals surface area contributed by atoms with Crippen LogP contribution in [0.2, 0.25) is 0 Å². The molecule has 2 aromatic carbocycles. The molecular formula is C31H24FN7OS. The summed E-state index contributed by atoms with van der Waals surface area (Å²) in [6.45, 7) is 2.26. The van der Waals surface area contributed by atoms with Gasteiger partial charge in [0.25, 0.3) is 5.91 Å². The highest BCUT2D eigenvalue weighted by molar-refractivity contribution is 7.15. The van der Waals surface area contributed by atoms with E-state index >= 15 is 0 Å². The molecule has 1 amide bonds. The zero-order valence-corrected chi connectivity index (χ0v) is 23.0. The van der Waals surface area contributed by atoms with Crippen LogP contribution in [-0.4, -0.2) is 25.4 Å². The first-order chi connectivity index (χ1) is 19.9. The molecule has 4 aromatic heterocycles. The van der Waals surface area contributed by atoms with Gasteiger partial charge in [0.05, 0.1) is 47.3 Å². The number of hydrogen-bond donors (Lipinski definition) is 2. The third-order valence-electron chi connectivity index (χ3n) is 6.90. The number of fused-ring (bicyclic) bond motifs is 3. The Balaban J connectivity index is 1.21. The second-order valence-electron chi connectivity index (χ2n) is 9.68. The van der Waals surface area contributed by atoms with Gasteiger partial charge in [0.15, 0.2) is 0 Å². The number of carbonyl (C=O) groups is 1. The van der Waals surface area contributed by atoms with Crippen LogP contribution in [0.3, 0.4) is 0 Å². The average molecular weight is 562 g/mol. The summed E-state index contributed by atoms with van der Waals surface area (Å²) in [7, 11) is 1.98. The van der Waals surface area contributed by atoms with Crippen LogP contribution < -0.4 is 10.6 Å². The number of aromatic nitrogens is 4. The number of anilines is 1. The second kappa shape index (κ2) is 10.8. The quantitative estimate of drug-likeness (QED) is 0.235. The minimum absolute atomic E-state index is 0.261. The molecule has 1 unspecified atom stereocenters. The molecule has 6 aromatic rings. The summed E-state index contributed by atoms with van der Waals surface area (Å²) in [5.74, 6) is -0.352. The highest BCUT2D eigenvalue weighted by Crippen LogP contribution is 2.33. The zero-order chi connectivity index (χ0) is 28.5. The molecule has 0 fully saturated rings. The van der Waals surface area contributed by atoms with E-state index in [1.807, 2.05) is 36.7 Å². The molecule has 0 spiro atoms. The largest absolute Gasteiger partial charge is 0.365 e. The van der Waals surface area contributed by atoms with Crippen molar-refractivity contribution < 1.29 is 9.18 Å². The van der Waals surface area contributed by atoms with Crippen LogP contribution >= 0.6 is 11.3 Å². The Morgan fingerprint density at radius 2 is 1.88 bits per heavy atom. The number of hydrogen-bond acceptors (Lipinski definition) is 7. The molecule has 41 heavy (non-hydrogen) atoms. The lowest BCUT2D eigenvalue weighted by Gasteiger charge is -2.16. The molecule has 0 aliphatic carbocycles. The number of halogens is 1. The van der Waals surface area contributed by atoms with E-state index in [9.17, 15) is 14.4 Å². The summed E-state index contributed by atoms with van der Waals surface area (Å²) in [5.41, 5.74) is 5.19. The molecule has 10 heteroatoms. The summed E-state index contributed by atoms with van der Waals surface area (Å²) < 4.78 is 15.3. The molecule has 0 aliphatic rings. The number of pyridine rings is 2. The number of aryl methyl sites for hydroxylation is 1. The fourth-order valence-electron chi connectivity index (χ4n) is 4.74. The normalized spacial score (nSPS) is 11.9. The number of benzene rings is 2. The van der Waals surface area contributed by atoms with Gasteiger partial charge in [-0.05, 0) is 60.5 Å². The first-order valence-corrected chi connectivity index (χ1v) is 13.7. The van der Waals surface area contributed by atoms with E-state index in [1.54, 1.807) is 36.0 Å². The Morgan fingerprint density at radius 1 is 1.05 bits per heavy atom. The number of rotatable bonds is 7. The van der Waals surface area contributed by atoms with Gasteiger partial charge in [-0.15, -0.1) is 11.3 Å². The van der Waals surface area contributed by atoms with E-state index in [0.717, 1.165) is 42.8 Å². The van der Waals surface area contributed by atoms with E-state index in [-0.39, 0.29) is 28.9 Å². The molecule has 0 aliphatic heterocycles. The Bertz CT molecular complexity index is 1960.